The maximum absolute atomic E-state index is 13.9. The summed E-state index contributed by atoms with van der Waals surface area (Å²) in [4.78, 5) is 25.1. The van der Waals surface area contributed by atoms with Crippen molar-refractivity contribution in [2.75, 3.05) is 6.61 Å². The third-order valence-electron chi connectivity index (χ3n) is 4.79. The number of carbonyl (C=O) groups is 2. The molecule has 3 atom stereocenters. The maximum atomic E-state index is 13.9. The number of rotatable bonds is 5. The molecule has 160 valence electrons. The van der Waals surface area contributed by atoms with Gasteiger partial charge in [0.05, 0.1) is 12.6 Å². The fraction of sp³-hybridized carbons (Fsp3) is 0.300. The zero-order valence-electron chi connectivity index (χ0n) is 15.7. The number of alkyl halides is 3. The standard InChI is InChI=1S/C20H19F3N2O5/c1-2-30-14-10-12(8-9-13(14)26)16-15(17(27)11-6-4-3-5-7-11)19(29,20(21,22)23)25-18(28)24-16/h3-10,15-16,26,29H,2H2,1H3,(H2,24,25,28)/t15-,16-,19-/m0/s1. The van der Waals surface area contributed by atoms with E-state index in [0.29, 0.717) is 0 Å². The summed E-state index contributed by atoms with van der Waals surface area (Å²) >= 11 is 0. The number of phenolic OH excluding ortho intramolecular Hbond substituents is 1. The zero-order valence-corrected chi connectivity index (χ0v) is 15.7. The summed E-state index contributed by atoms with van der Waals surface area (Å²) in [5.74, 6) is -3.49. The first-order valence-electron chi connectivity index (χ1n) is 9.01. The Morgan fingerprint density at radius 3 is 2.47 bits per heavy atom. The third-order valence-corrected chi connectivity index (χ3v) is 4.79. The Hall–Kier alpha value is -3.27. The third kappa shape index (κ3) is 3.78. The molecule has 10 heteroatoms. The summed E-state index contributed by atoms with van der Waals surface area (Å²) < 4.78 is 46.9. The van der Waals surface area contributed by atoms with Gasteiger partial charge in [0.2, 0.25) is 5.72 Å². The molecule has 0 unspecified atom stereocenters. The number of ether oxygens (including phenoxy) is 1. The van der Waals surface area contributed by atoms with Crippen LogP contribution < -0.4 is 15.4 Å². The van der Waals surface area contributed by atoms with Crippen molar-refractivity contribution < 1.29 is 37.7 Å². The van der Waals surface area contributed by atoms with Crippen LogP contribution in [0.2, 0.25) is 0 Å². The Kier molecular flexibility index (Phi) is 5.62. The molecule has 1 heterocycles. The molecule has 0 radical (unpaired) electrons. The normalized spacial score (nSPS) is 24.0. The van der Waals surface area contributed by atoms with E-state index in [-0.39, 0.29) is 29.2 Å². The molecule has 1 aliphatic heterocycles. The zero-order chi connectivity index (χ0) is 22.1. The molecular formula is C20H19F3N2O5. The smallest absolute Gasteiger partial charge is 0.437 e. The molecule has 1 aliphatic rings. The van der Waals surface area contributed by atoms with Gasteiger partial charge >= 0.3 is 12.2 Å². The van der Waals surface area contributed by atoms with Gasteiger partial charge in [-0.1, -0.05) is 36.4 Å². The molecule has 1 fully saturated rings. The van der Waals surface area contributed by atoms with Crippen LogP contribution in [0.1, 0.15) is 28.9 Å². The Bertz CT molecular complexity index is 951. The van der Waals surface area contributed by atoms with Gasteiger partial charge in [0, 0.05) is 5.56 Å². The minimum Gasteiger partial charge on any atom is -0.504 e. The van der Waals surface area contributed by atoms with E-state index < -0.39 is 35.7 Å². The van der Waals surface area contributed by atoms with Crippen molar-refractivity contribution in [3.8, 4) is 11.5 Å². The first-order chi connectivity index (χ1) is 14.1. The lowest BCUT2D eigenvalue weighted by Crippen LogP contribution is -2.72. The van der Waals surface area contributed by atoms with Crippen molar-refractivity contribution in [3.63, 3.8) is 0 Å². The Labute approximate surface area is 169 Å². The highest BCUT2D eigenvalue weighted by Crippen LogP contribution is 2.45. The van der Waals surface area contributed by atoms with Gasteiger partial charge in [-0.15, -0.1) is 0 Å². The minimum atomic E-state index is -5.35. The number of nitrogens with one attached hydrogen (secondary N) is 2. The van der Waals surface area contributed by atoms with E-state index in [1.807, 2.05) is 0 Å². The lowest BCUT2D eigenvalue weighted by molar-refractivity contribution is -0.287. The molecule has 0 saturated carbocycles. The van der Waals surface area contributed by atoms with Gasteiger partial charge in [-0.3, -0.25) is 4.79 Å². The average molecular weight is 424 g/mol. The molecule has 1 saturated heterocycles. The minimum absolute atomic E-state index is 0.0377. The SMILES string of the molecule is CCOc1cc([C@@H]2NC(=O)N[C@@](O)(C(F)(F)F)[C@@H]2C(=O)c2ccccc2)ccc1O. The molecule has 0 spiro atoms. The number of aromatic hydroxyl groups is 1. The van der Waals surface area contributed by atoms with Gasteiger partial charge in [-0.05, 0) is 24.6 Å². The summed E-state index contributed by atoms with van der Waals surface area (Å²) in [6, 6.07) is 7.93. The number of hydrogen-bond acceptors (Lipinski definition) is 5. The van der Waals surface area contributed by atoms with Crippen molar-refractivity contribution in [2.24, 2.45) is 5.92 Å². The Morgan fingerprint density at radius 2 is 1.87 bits per heavy atom. The van der Waals surface area contributed by atoms with Crippen LogP contribution in [-0.4, -0.2) is 40.5 Å². The second kappa shape index (κ2) is 7.86. The molecule has 0 aromatic heterocycles. The summed E-state index contributed by atoms with van der Waals surface area (Å²) in [7, 11) is 0. The number of amides is 2. The van der Waals surface area contributed by atoms with E-state index in [1.165, 1.54) is 47.8 Å². The van der Waals surface area contributed by atoms with Gasteiger partial charge in [0.1, 0.15) is 5.92 Å². The van der Waals surface area contributed by atoms with Crippen molar-refractivity contribution in [2.45, 2.75) is 24.9 Å². The number of ketones is 1. The molecule has 7 nitrogen and oxygen atoms in total. The molecule has 3 rings (SSSR count). The number of hydrogen-bond donors (Lipinski definition) is 4. The first kappa shape index (κ1) is 21.4. The average Bonchev–Trinajstić information content (AvgIpc) is 2.68. The summed E-state index contributed by atoms with van der Waals surface area (Å²) in [6.07, 6.45) is -5.35. The second-order valence-corrected chi connectivity index (χ2v) is 6.71. The van der Waals surface area contributed by atoms with E-state index in [1.54, 1.807) is 13.0 Å². The number of carbonyl (C=O) groups excluding carboxylic acids is 2. The monoisotopic (exact) mass is 424 g/mol. The number of urea groups is 1. The van der Waals surface area contributed by atoms with Crippen molar-refractivity contribution >= 4 is 11.8 Å². The predicted molar refractivity (Wildman–Crippen MR) is 99.0 cm³/mol. The maximum Gasteiger partial charge on any atom is 0.437 e. The van der Waals surface area contributed by atoms with Crippen LogP contribution >= 0.6 is 0 Å². The molecule has 2 amide bonds. The van der Waals surface area contributed by atoms with Crippen LogP contribution in [0.25, 0.3) is 0 Å². The van der Waals surface area contributed by atoms with Crippen LogP contribution in [0.5, 0.6) is 11.5 Å². The summed E-state index contributed by atoms with van der Waals surface area (Å²) in [5, 5.41) is 24.2. The number of halogens is 3. The van der Waals surface area contributed by atoms with Crippen LogP contribution in [0.4, 0.5) is 18.0 Å². The molecule has 2 aromatic rings. The molecule has 30 heavy (non-hydrogen) atoms. The summed E-state index contributed by atoms with van der Waals surface area (Å²) in [6.45, 7) is 1.80. The fourth-order valence-corrected chi connectivity index (χ4v) is 3.39. The van der Waals surface area contributed by atoms with Gasteiger partial charge < -0.3 is 25.6 Å². The number of aliphatic hydroxyl groups is 1. The Balaban J connectivity index is 2.17. The topological polar surface area (TPSA) is 108 Å². The van der Waals surface area contributed by atoms with E-state index in [9.17, 15) is 33.0 Å². The molecule has 0 aliphatic carbocycles. The molecule has 2 aromatic carbocycles. The van der Waals surface area contributed by atoms with Crippen LogP contribution in [0.15, 0.2) is 48.5 Å². The Morgan fingerprint density at radius 1 is 1.20 bits per heavy atom. The largest absolute Gasteiger partial charge is 0.504 e. The van der Waals surface area contributed by atoms with Crippen LogP contribution in [0, 0.1) is 5.92 Å². The van der Waals surface area contributed by atoms with E-state index in [2.05, 4.69) is 5.32 Å². The quantitative estimate of drug-likeness (QED) is 0.552. The van der Waals surface area contributed by atoms with Gasteiger partial charge in [0.25, 0.3) is 0 Å². The summed E-state index contributed by atoms with van der Waals surface area (Å²) in [5.41, 5.74) is -3.85. The van der Waals surface area contributed by atoms with Crippen LogP contribution in [0.3, 0.4) is 0 Å². The highest BCUT2D eigenvalue weighted by molar-refractivity contribution is 6.00. The number of phenols is 1. The first-order valence-corrected chi connectivity index (χ1v) is 9.01. The van der Waals surface area contributed by atoms with Crippen molar-refractivity contribution in [3.05, 3.63) is 59.7 Å². The van der Waals surface area contributed by atoms with E-state index >= 15 is 0 Å². The lowest BCUT2D eigenvalue weighted by Gasteiger charge is -2.45. The van der Waals surface area contributed by atoms with Gasteiger partial charge in [-0.2, -0.15) is 13.2 Å². The molecular weight excluding hydrogens is 405 g/mol. The van der Waals surface area contributed by atoms with Gasteiger partial charge in [-0.25, -0.2) is 4.79 Å². The second-order valence-electron chi connectivity index (χ2n) is 6.71. The number of Topliss-reactive ketones (excluding diaryl/α,β-unsaturated/α-hetero) is 1. The molecule has 0 bridgehead atoms. The highest BCUT2D eigenvalue weighted by atomic mass is 19.4. The van der Waals surface area contributed by atoms with Gasteiger partial charge in [0.15, 0.2) is 17.3 Å². The van der Waals surface area contributed by atoms with Crippen molar-refractivity contribution in [1.82, 2.24) is 10.6 Å². The molecule has 4 N–H and O–H groups in total. The predicted octanol–water partition coefficient (Wildman–Crippen LogP) is 2.89. The fourth-order valence-electron chi connectivity index (χ4n) is 3.39. The number of benzene rings is 2. The highest BCUT2D eigenvalue weighted by Gasteiger charge is 2.66. The van der Waals surface area contributed by atoms with Crippen molar-refractivity contribution in [1.29, 1.82) is 0 Å². The van der Waals surface area contributed by atoms with E-state index in [0.717, 1.165) is 0 Å². The van der Waals surface area contributed by atoms with E-state index in [4.69, 9.17) is 4.74 Å². The lowest BCUT2D eigenvalue weighted by atomic mass is 9.77. The van der Waals surface area contributed by atoms with Crippen LogP contribution in [-0.2, 0) is 0 Å².